The van der Waals surface area contributed by atoms with Crippen molar-refractivity contribution in [1.29, 1.82) is 0 Å². The van der Waals surface area contributed by atoms with Crippen molar-refractivity contribution in [3.8, 4) is 17.2 Å². The van der Waals surface area contributed by atoms with Gasteiger partial charge in [0, 0.05) is 14.7 Å². The lowest BCUT2D eigenvalue weighted by molar-refractivity contribution is 0.0193. The largest absolute Gasteiger partial charge is 0.514 e. The average Bonchev–Trinajstić information content (AvgIpc) is 2.97. The SMILES string of the molecule is CCCCS(=O)(=O)OS(c1ccc(OC(=O)OC(C)(C)C)cc1)(c1ccc(OC(=O)OC(C)(C)C)cc1)c1ccc(OC(=O)OC(C)(C)C)cc1. The zero-order valence-corrected chi connectivity index (χ0v) is 32.4. The van der Waals surface area contributed by atoms with Gasteiger partial charge in [-0.05, 0) is 152 Å². The summed E-state index contributed by atoms with van der Waals surface area (Å²) in [7, 11) is -7.32. The summed E-state index contributed by atoms with van der Waals surface area (Å²) in [5, 5.41) is 0. The van der Waals surface area contributed by atoms with Gasteiger partial charge in [-0.15, -0.1) is 0 Å². The summed E-state index contributed by atoms with van der Waals surface area (Å²) in [5.41, 5.74) is -2.35. The highest BCUT2D eigenvalue weighted by molar-refractivity contribution is 8.33. The third kappa shape index (κ3) is 13.1. The normalized spacial score (nSPS) is 12.7. The van der Waals surface area contributed by atoms with Crippen LogP contribution in [0.4, 0.5) is 14.4 Å². The quantitative estimate of drug-likeness (QED) is 0.104. The predicted octanol–water partition coefficient (Wildman–Crippen LogP) is 9.97. The monoisotopic (exact) mass is 748 g/mol. The van der Waals surface area contributed by atoms with Crippen LogP contribution in [0.25, 0.3) is 0 Å². The molecule has 0 aromatic heterocycles. The first-order chi connectivity index (χ1) is 23.5. The van der Waals surface area contributed by atoms with Crippen molar-refractivity contribution in [3.63, 3.8) is 0 Å². The Balaban J connectivity index is 2.19. The van der Waals surface area contributed by atoms with E-state index in [0.29, 0.717) is 27.5 Å². The molecule has 0 bridgehead atoms. The molecule has 14 heteroatoms. The van der Waals surface area contributed by atoms with E-state index in [9.17, 15) is 22.8 Å². The molecule has 0 radical (unpaired) electrons. The van der Waals surface area contributed by atoms with Crippen LogP contribution in [-0.4, -0.2) is 49.4 Å². The minimum atomic E-state index is -4.17. The number of carbonyl (C=O) groups is 3. The molecule has 0 saturated carbocycles. The molecular formula is C37H48O12S2. The molecule has 3 rings (SSSR count). The minimum Gasteiger partial charge on any atom is -0.428 e. The van der Waals surface area contributed by atoms with Gasteiger partial charge in [-0.1, -0.05) is 13.3 Å². The Morgan fingerprint density at radius 1 is 0.510 bits per heavy atom. The zero-order chi connectivity index (χ0) is 38.3. The summed E-state index contributed by atoms with van der Waals surface area (Å²) in [5.74, 6) is 0.199. The number of hydrogen-bond donors (Lipinski definition) is 0. The smallest absolute Gasteiger partial charge is 0.428 e. The van der Waals surface area contributed by atoms with Crippen LogP contribution in [0, 0.1) is 0 Å². The molecule has 0 amide bonds. The summed E-state index contributed by atoms with van der Waals surface area (Å²) < 4.78 is 65.6. The fourth-order valence-corrected chi connectivity index (χ4v) is 9.71. The third-order valence-corrected chi connectivity index (χ3v) is 11.4. The molecular weight excluding hydrogens is 701 g/mol. The van der Waals surface area contributed by atoms with Crippen molar-refractivity contribution in [2.24, 2.45) is 0 Å². The molecule has 0 N–H and O–H groups in total. The lowest BCUT2D eigenvalue weighted by Crippen LogP contribution is -2.26. The molecule has 0 aliphatic heterocycles. The lowest BCUT2D eigenvalue weighted by atomic mass is 10.2. The van der Waals surface area contributed by atoms with Crippen LogP contribution in [-0.2, 0) is 28.0 Å². The second-order valence-corrected chi connectivity index (χ2v) is 18.9. The first kappa shape index (κ1) is 41.2. The first-order valence-corrected chi connectivity index (χ1v) is 19.4. The first-order valence-electron chi connectivity index (χ1n) is 16.3. The highest BCUT2D eigenvalue weighted by atomic mass is 32.3. The molecule has 3 aromatic carbocycles. The maximum absolute atomic E-state index is 13.7. The van der Waals surface area contributed by atoms with Gasteiger partial charge in [-0.3, -0.25) is 0 Å². The van der Waals surface area contributed by atoms with Crippen LogP contribution < -0.4 is 14.2 Å². The fourth-order valence-electron chi connectivity index (χ4n) is 4.24. The Labute approximate surface area is 302 Å². The summed E-state index contributed by atoms with van der Waals surface area (Å²) in [6.07, 6.45) is -1.77. The third-order valence-electron chi connectivity index (χ3n) is 6.19. The van der Waals surface area contributed by atoms with Gasteiger partial charge in [0.25, 0.3) is 10.1 Å². The van der Waals surface area contributed by atoms with E-state index in [1.807, 2.05) is 6.92 Å². The van der Waals surface area contributed by atoms with Crippen molar-refractivity contribution in [3.05, 3.63) is 72.8 Å². The van der Waals surface area contributed by atoms with Gasteiger partial charge < -0.3 is 28.4 Å². The molecule has 280 valence electrons. The highest BCUT2D eigenvalue weighted by Gasteiger charge is 2.38. The van der Waals surface area contributed by atoms with E-state index in [4.69, 9.17) is 32.1 Å². The summed E-state index contributed by atoms with van der Waals surface area (Å²) in [6.45, 7) is 17.2. The predicted molar refractivity (Wildman–Crippen MR) is 192 cm³/mol. The average molecular weight is 749 g/mol. The Morgan fingerprint density at radius 3 is 1.02 bits per heavy atom. The molecule has 51 heavy (non-hydrogen) atoms. The molecule has 0 heterocycles. The van der Waals surface area contributed by atoms with Crippen LogP contribution in [0.2, 0.25) is 0 Å². The van der Waals surface area contributed by atoms with E-state index in [-0.39, 0.29) is 23.0 Å². The number of benzene rings is 3. The topological polar surface area (TPSA) is 150 Å². The second kappa shape index (κ2) is 16.4. The maximum Gasteiger partial charge on any atom is 0.514 e. The van der Waals surface area contributed by atoms with Crippen molar-refractivity contribution in [2.45, 2.75) is 114 Å². The highest BCUT2D eigenvalue weighted by Crippen LogP contribution is 2.70. The molecule has 12 nitrogen and oxygen atoms in total. The van der Waals surface area contributed by atoms with Gasteiger partial charge in [0.1, 0.15) is 34.1 Å². The van der Waals surface area contributed by atoms with Gasteiger partial charge in [0.2, 0.25) is 0 Å². The van der Waals surface area contributed by atoms with Crippen LogP contribution >= 0.6 is 10.3 Å². The summed E-state index contributed by atoms with van der Waals surface area (Å²) in [6, 6.07) is 18.6. The van der Waals surface area contributed by atoms with Crippen molar-refractivity contribution >= 4 is 38.9 Å². The van der Waals surface area contributed by atoms with Crippen molar-refractivity contribution in [1.82, 2.24) is 0 Å². The molecule has 0 aliphatic rings. The van der Waals surface area contributed by atoms with Crippen LogP contribution in [0.15, 0.2) is 87.5 Å². The van der Waals surface area contributed by atoms with E-state index in [2.05, 4.69) is 0 Å². The molecule has 0 atom stereocenters. The molecule has 0 aliphatic carbocycles. The van der Waals surface area contributed by atoms with Crippen molar-refractivity contribution in [2.75, 3.05) is 5.75 Å². The van der Waals surface area contributed by atoms with E-state index in [1.165, 1.54) is 36.4 Å². The van der Waals surface area contributed by atoms with Crippen LogP contribution in [0.1, 0.15) is 82.1 Å². The molecule has 0 unspecified atom stereocenters. The van der Waals surface area contributed by atoms with Gasteiger partial charge in [0.15, 0.2) is 0 Å². The Kier molecular flexibility index (Phi) is 13.2. The van der Waals surface area contributed by atoms with E-state index in [0.717, 1.165) is 0 Å². The Bertz CT molecular complexity index is 1570. The van der Waals surface area contributed by atoms with E-state index in [1.54, 1.807) is 98.7 Å². The number of hydrogen-bond acceptors (Lipinski definition) is 12. The van der Waals surface area contributed by atoms with Crippen molar-refractivity contribution < 1.29 is 54.9 Å². The van der Waals surface area contributed by atoms with Gasteiger partial charge in [-0.25, -0.2) is 18.0 Å². The Morgan fingerprint density at radius 2 is 0.784 bits per heavy atom. The minimum absolute atomic E-state index is 0.150. The standard InChI is InChI=1S/C37H48O12S2/c1-11-12-25-50(41,42)49-51(29-19-13-26(14-20-29)43-32(38)46-35(2,3)4,30-21-15-27(16-22-30)44-33(39)47-36(5,6)7)31-23-17-28(18-24-31)45-34(40)48-37(8,9)10/h13-24H,11-12,25H2,1-10H3. The second-order valence-electron chi connectivity index (χ2n) is 14.4. The summed E-state index contributed by atoms with van der Waals surface area (Å²) in [4.78, 5) is 38.4. The maximum atomic E-state index is 13.7. The van der Waals surface area contributed by atoms with E-state index < -0.39 is 55.7 Å². The number of ether oxygens (including phenoxy) is 6. The van der Waals surface area contributed by atoms with Crippen LogP contribution in [0.5, 0.6) is 17.2 Å². The molecule has 0 spiro atoms. The van der Waals surface area contributed by atoms with Gasteiger partial charge >= 0.3 is 18.5 Å². The number of rotatable bonds is 11. The Hall–Kier alpha value is -4.27. The fraction of sp³-hybridized carbons (Fsp3) is 0.432. The lowest BCUT2D eigenvalue weighted by Gasteiger charge is -2.39. The summed E-state index contributed by atoms with van der Waals surface area (Å²) >= 11 is 0. The van der Waals surface area contributed by atoms with Crippen LogP contribution in [0.3, 0.4) is 0 Å². The van der Waals surface area contributed by atoms with Gasteiger partial charge in [0.05, 0.1) is 5.75 Å². The van der Waals surface area contributed by atoms with E-state index >= 15 is 0 Å². The number of unbranched alkanes of at least 4 members (excludes halogenated alkanes) is 1. The number of carbonyl (C=O) groups excluding carboxylic acids is 3. The molecule has 0 fully saturated rings. The molecule has 0 saturated heterocycles. The molecule has 3 aromatic rings. The van der Waals surface area contributed by atoms with Gasteiger partial charge in [-0.2, -0.15) is 8.42 Å². The zero-order valence-electron chi connectivity index (χ0n) is 30.8.